The second kappa shape index (κ2) is 12.8. The molecule has 1 heterocycles. The number of hydrogen-bond donors (Lipinski definition) is 3. The van der Waals surface area contributed by atoms with E-state index in [9.17, 15) is 9.18 Å². The molecule has 0 saturated heterocycles. The van der Waals surface area contributed by atoms with Crippen molar-refractivity contribution < 1.29 is 18.7 Å². The van der Waals surface area contributed by atoms with Crippen LogP contribution in [0.25, 0.3) is 0 Å². The van der Waals surface area contributed by atoms with Gasteiger partial charge in [-0.2, -0.15) is 0 Å². The third kappa shape index (κ3) is 7.06. The molecule has 1 amide bonds. The summed E-state index contributed by atoms with van der Waals surface area (Å²) in [5.74, 6) is 0.163. The first-order valence-corrected chi connectivity index (χ1v) is 9.30. The molecule has 0 aliphatic rings. The number of halogens is 3. The lowest BCUT2D eigenvalue weighted by atomic mass is 10.1. The van der Waals surface area contributed by atoms with E-state index in [1.165, 1.54) is 25.3 Å². The average molecular weight is 483 g/mol. The van der Waals surface area contributed by atoms with E-state index in [1.807, 2.05) is 12.1 Å². The van der Waals surface area contributed by atoms with E-state index < -0.39 is 5.82 Å². The summed E-state index contributed by atoms with van der Waals surface area (Å²) in [6, 6.07) is 12.6. The van der Waals surface area contributed by atoms with E-state index in [2.05, 4.69) is 10.3 Å². The smallest absolute Gasteiger partial charge is 0.251 e. The highest BCUT2D eigenvalue weighted by Crippen LogP contribution is 2.33. The summed E-state index contributed by atoms with van der Waals surface area (Å²) in [5, 5.41) is 2.81. The molecule has 32 heavy (non-hydrogen) atoms. The number of nitrogens with two attached hydrogens (primary N) is 2. The normalized spacial score (nSPS) is 9.88. The first-order valence-electron chi connectivity index (χ1n) is 9.30. The quantitative estimate of drug-likeness (QED) is 0.450. The first kappa shape index (κ1) is 27.1. The van der Waals surface area contributed by atoms with E-state index >= 15 is 0 Å². The standard InChI is InChI=1S/C22H23FN4O3.2ClH/c1-29-20-3-2-16(22(28)27-13-18-7-14(11-24)4-5-26-18)9-21(20)30-19-8-15(12-25)6-17(23)10-19;;/h2-10H,11-13,24-25H2,1H3,(H,27,28);2*1H. The highest BCUT2D eigenvalue weighted by molar-refractivity contribution is 5.94. The topological polar surface area (TPSA) is 112 Å². The number of ether oxygens (including phenoxy) is 2. The molecule has 5 N–H and O–H groups in total. The molecule has 0 spiro atoms. The Morgan fingerprint density at radius 2 is 1.75 bits per heavy atom. The van der Waals surface area contributed by atoms with Gasteiger partial charge in [-0.25, -0.2) is 4.39 Å². The highest BCUT2D eigenvalue weighted by Gasteiger charge is 2.13. The van der Waals surface area contributed by atoms with Gasteiger partial charge in [0, 0.05) is 30.9 Å². The van der Waals surface area contributed by atoms with E-state index in [1.54, 1.807) is 24.4 Å². The second-order valence-corrected chi connectivity index (χ2v) is 6.51. The third-order valence-corrected chi connectivity index (χ3v) is 4.37. The maximum absolute atomic E-state index is 13.8. The van der Waals surface area contributed by atoms with Gasteiger partial charge in [-0.3, -0.25) is 9.78 Å². The molecule has 3 rings (SSSR count). The predicted octanol–water partition coefficient (Wildman–Crippen LogP) is 3.71. The summed E-state index contributed by atoms with van der Waals surface area (Å²) < 4.78 is 24.9. The molecule has 7 nitrogen and oxygen atoms in total. The van der Waals surface area contributed by atoms with Crippen LogP contribution in [-0.4, -0.2) is 18.0 Å². The molecule has 0 bridgehead atoms. The predicted molar refractivity (Wildman–Crippen MR) is 125 cm³/mol. The number of carbonyl (C=O) groups is 1. The number of rotatable bonds is 8. The molecule has 0 radical (unpaired) electrons. The summed E-state index contributed by atoms with van der Waals surface area (Å²) in [4.78, 5) is 16.8. The fourth-order valence-corrected chi connectivity index (χ4v) is 2.85. The Hall–Kier alpha value is -2.91. The Kier molecular flexibility index (Phi) is 10.9. The molecule has 2 aromatic carbocycles. The van der Waals surface area contributed by atoms with Crippen LogP contribution >= 0.6 is 24.8 Å². The van der Waals surface area contributed by atoms with Crippen molar-refractivity contribution in [3.8, 4) is 17.2 Å². The maximum Gasteiger partial charge on any atom is 0.251 e. The van der Waals surface area contributed by atoms with Crippen molar-refractivity contribution in [1.82, 2.24) is 10.3 Å². The van der Waals surface area contributed by atoms with Crippen LogP contribution in [0, 0.1) is 5.82 Å². The molecule has 0 atom stereocenters. The van der Waals surface area contributed by atoms with Crippen LogP contribution in [0.15, 0.2) is 54.7 Å². The van der Waals surface area contributed by atoms with Crippen molar-refractivity contribution >= 4 is 30.7 Å². The van der Waals surface area contributed by atoms with E-state index in [-0.39, 0.29) is 55.3 Å². The minimum atomic E-state index is -0.465. The Bertz CT molecular complexity index is 1050. The Morgan fingerprint density at radius 1 is 1.00 bits per heavy atom. The lowest BCUT2D eigenvalue weighted by molar-refractivity contribution is 0.0950. The molecule has 1 aromatic heterocycles. The van der Waals surface area contributed by atoms with Gasteiger partial charge in [-0.15, -0.1) is 24.8 Å². The monoisotopic (exact) mass is 482 g/mol. The van der Waals surface area contributed by atoms with Crippen LogP contribution in [0.3, 0.4) is 0 Å². The first-order chi connectivity index (χ1) is 14.5. The Balaban J connectivity index is 0.00000256. The molecule has 0 aliphatic carbocycles. The van der Waals surface area contributed by atoms with E-state index in [4.69, 9.17) is 20.9 Å². The molecule has 3 aromatic rings. The summed E-state index contributed by atoms with van der Waals surface area (Å²) in [6.07, 6.45) is 1.65. The van der Waals surface area contributed by atoms with Crippen LogP contribution < -0.4 is 26.3 Å². The van der Waals surface area contributed by atoms with Gasteiger partial charge in [0.25, 0.3) is 5.91 Å². The number of hydrogen-bond acceptors (Lipinski definition) is 6. The van der Waals surface area contributed by atoms with Crippen molar-refractivity contribution in [1.29, 1.82) is 0 Å². The van der Waals surface area contributed by atoms with Gasteiger partial charge < -0.3 is 26.3 Å². The summed E-state index contributed by atoms with van der Waals surface area (Å²) >= 11 is 0. The van der Waals surface area contributed by atoms with Crippen LogP contribution in [0.4, 0.5) is 4.39 Å². The molecule has 172 valence electrons. The van der Waals surface area contributed by atoms with Crippen molar-refractivity contribution in [3.63, 3.8) is 0 Å². The van der Waals surface area contributed by atoms with Crippen molar-refractivity contribution in [3.05, 3.63) is 82.9 Å². The van der Waals surface area contributed by atoms with Gasteiger partial charge in [0.15, 0.2) is 11.5 Å². The molecular weight excluding hydrogens is 458 g/mol. The summed E-state index contributed by atoms with van der Waals surface area (Å²) in [6.45, 7) is 0.820. The molecule has 0 unspecified atom stereocenters. The maximum atomic E-state index is 13.8. The SMILES string of the molecule is COc1ccc(C(=O)NCc2cc(CN)ccn2)cc1Oc1cc(F)cc(CN)c1.Cl.Cl. The number of pyridine rings is 1. The number of amides is 1. The Morgan fingerprint density at radius 3 is 2.44 bits per heavy atom. The number of carbonyl (C=O) groups excluding carboxylic acids is 1. The Labute approximate surface area is 198 Å². The van der Waals surface area contributed by atoms with Crippen LogP contribution in [0.2, 0.25) is 0 Å². The number of aromatic nitrogens is 1. The van der Waals surface area contributed by atoms with Gasteiger partial charge in [-0.05, 0) is 53.6 Å². The molecule has 0 fully saturated rings. The van der Waals surface area contributed by atoms with Gasteiger partial charge in [0.05, 0.1) is 19.3 Å². The molecule has 0 aliphatic heterocycles. The zero-order valence-corrected chi connectivity index (χ0v) is 19.0. The minimum Gasteiger partial charge on any atom is -0.493 e. The van der Waals surface area contributed by atoms with Gasteiger partial charge >= 0.3 is 0 Å². The van der Waals surface area contributed by atoms with Crippen LogP contribution in [-0.2, 0) is 19.6 Å². The number of methoxy groups -OCH3 is 1. The lowest BCUT2D eigenvalue weighted by Crippen LogP contribution is -2.23. The van der Waals surface area contributed by atoms with Gasteiger partial charge in [-0.1, -0.05) is 0 Å². The van der Waals surface area contributed by atoms with E-state index in [0.717, 1.165) is 5.56 Å². The summed E-state index contributed by atoms with van der Waals surface area (Å²) in [5.41, 5.74) is 13.8. The van der Waals surface area contributed by atoms with Gasteiger partial charge in [0.2, 0.25) is 0 Å². The minimum absolute atomic E-state index is 0. The van der Waals surface area contributed by atoms with Crippen LogP contribution in [0.1, 0.15) is 27.2 Å². The largest absolute Gasteiger partial charge is 0.493 e. The molecule has 0 saturated carbocycles. The second-order valence-electron chi connectivity index (χ2n) is 6.51. The number of nitrogens with one attached hydrogen (secondary N) is 1. The number of nitrogens with zero attached hydrogens (tertiary/aromatic N) is 1. The number of benzene rings is 2. The van der Waals surface area contributed by atoms with Crippen molar-refractivity contribution in [2.75, 3.05) is 7.11 Å². The third-order valence-electron chi connectivity index (χ3n) is 4.37. The fourth-order valence-electron chi connectivity index (χ4n) is 2.85. The summed E-state index contributed by atoms with van der Waals surface area (Å²) in [7, 11) is 1.48. The van der Waals surface area contributed by atoms with Crippen molar-refractivity contribution in [2.24, 2.45) is 11.5 Å². The molecular formula is C22H25Cl2FN4O3. The zero-order valence-electron chi connectivity index (χ0n) is 17.3. The van der Waals surface area contributed by atoms with Gasteiger partial charge in [0.1, 0.15) is 11.6 Å². The lowest BCUT2D eigenvalue weighted by Gasteiger charge is -2.13. The van der Waals surface area contributed by atoms with Crippen LogP contribution in [0.5, 0.6) is 17.2 Å². The zero-order chi connectivity index (χ0) is 21.5. The highest BCUT2D eigenvalue weighted by atomic mass is 35.5. The average Bonchev–Trinajstić information content (AvgIpc) is 2.77. The molecule has 10 heteroatoms. The fraction of sp³-hybridized carbons (Fsp3) is 0.182. The van der Waals surface area contributed by atoms with Crippen molar-refractivity contribution in [2.45, 2.75) is 19.6 Å². The van der Waals surface area contributed by atoms with E-state index in [0.29, 0.717) is 29.1 Å².